The number of likely N-dealkylation sites (N-methyl/N-ethyl adjacent to an activating group) is 1. The van der Waals surface area contributed by atoms with Crippen molar-refractivity contribution >= 4 is 38.6 Å². The maximum absolute atomic E-state index is 12.3. The Morgan fingerprint density at radius 2 is 2.00 bits per heavy atom. The number of rotatable bonds is 6. The van der Waals surface area contributed by atoms with Crippen LogP contribution in [-0.4, -0.2) is 22.0 Å². The molecule has 0 fully saturated rings. The number of sulfonamides is 1. The van der Waals surface area contributed by atoms with Crippen molar-refractivity contribution in [1.82, 2.24) is 5.32 Å². The molecule has 0 aliphatic rings. The van der Waals surface area contributed by atoms with E-state index in [-0.39, 0.29) is 0 Å². The molecule has 0 amide bonds. The minimum absolute atomic E-state index is 0.310. The van der Waals surface area contributed by atoms with Gasteiger partial charge >= 0.3 is 0 Å². The highest BCUT2D eigenvalue weighted by molar-refractivity contribution is 7.94. The summed E-state index contributed by atoms with van der Waals surface area (Å²) < 4.78 is 27.5. The van der Waals surface area contributed by atoms with E-state index in [9.17, 15) is 8.42 Å². The van der Waals surface area contributed by atoms with Crippen molar-refractivity contribution in [1.29, 1.82) is 0 Å². The quantitative estimate of drug-likeness (QED) is 0.845. The number of benzene rings is 1. The Hall–Kier alpha value is -1.08. The molecule has 1 aromatic carbocycles. The third-order valence-electron chi connectivity index (χ3n) is 2.95. The summed E-state index contributed by atoms with van der Waals surface area (Å²) in [4.78, 5) is 1.03. The highest BCUT2D eigenvalue weighted by atomic mass is 35.5. The Labute approximate surface area is 134 Å². The number of aryl methyl sites for hydroxylation is 1. The van der Waals surface area contributed by atoms with Gasteiger partial charge in [0.25, 0.3) is 10.0 Å². The van der Waals surface area contributed by atoms with Crippen molar-refractivity contribution in [3.63, 3.8) is 0 Å². The van der Waals surface area contributed by atoms with E-state index in [4.69, 9.17) is 11.6 Å². The summed E-state index contributed by atoms with van der Waals surface area (Å²) in [6.45, 7) is 2.69. The Balaban J connectivity index is 2.17. The van der Waals surface area contributed by atoms with Crippen LogP contribution in [0.25, 0.3) is 0 Å². The molecule has 1 aromatic heterocycles. The first-order valence-corrected chi connectivity index (χ1v) is 9.12. The van der Waals surface area contributed by atoms with E-state index in [0.717, 1.165) is 23.4 Å². The first-order chi connectivity index (χ1) is 9.92. The van der Waals surface area contributed by atoms with Crippen molar-refractivity contribution in [3.8, 4) is 0 Å². The molecular weight excluding hydrogens is 328 g/mol. The van der Waals surface area contributed by atoms with Gasteiger partial charge in [-0.3, -0.25) is 4.72 Å². The average Bonchev–Trinajstić information content (AvgIpc) is 2.90. The van der Waals surface area contributed by atoms with Gasteiger partial charge < -0.3 is 5.32 Å². The van der Waals surface area contributed by atoms with Gasteiger partial charge in [0, 0.05) is 9.90 Å². The second-order valence-corrected chi connectivity index (χ2v) is 8.13. The third kappa shape index (κ3) is 4.20. The van der Waals surface area contributed by atoms with Gasteiger partial charge in [0.2, 0.25) is 0 Å². The summed E-state index contributed by atoms with van der Waals surface area (Å²) in [5.41, 5.74) is 1.38. The number of hydrogen-bond acceptors (Lipinski definition) is 4. The van der Waals surface area contributed by atoms with E-state index in [1.54, 1.807) is 24.3 Å². The summed E-state index contributed by atoms with van der Waals surface area (Å²) in [5.74, 6) is 0. The molecule has 0 bridgehead atoms. The molecule has 7 heteroatoms. The Kier molecular flexibility index (Phi) is 5.27. The van der Waals surface area contributed by atoms with Crippen LogP contribution in [0.2, 0.25) is 5.02 Å². The summed E-state index contributed by atoms with van der Waals surface area (Å²) >= 11 is 7.29. The van der Waals surface area contributed by atoms with Gasteiger partial charge in [-0.1, -0.05) is 17.7 Å². The van der Waals surface area contributed by atoms with Crippen molar-refractivity contribution in [3.05, 3.63) is 45.8 Å². The van der Waals surface area contributed by atoms with Gasteiger partial charge in [-0.25, -0.2) is 8.42 Å². The maximum Gasteiger partial charge on any atom is 0.271 e. The van der Waals surface area contributed by atoms with Crippen molar-refractivity contribution in [2.45, 2.75) is 17.6 Å². The lowest BCUT2D eigenvalue weighted by atomic mass is 10.2. The zero-order valence-corrected chi connectivity index (χ0v) is 14.2. The first kappa shape index (κ1) is 16.3. The largest absolute Gasteiger partial charge is 0.319 e. The van der Waals surface area contributed by atoms with Crippen LogP contribution in [0.15, 0.2) is 34.5 Å². The number of hydrogen-bond donors (Lipinski definition) is 2. The Morgan fingerprint density at radius 3 is 2.67 bits per heavy atom. The second-order valence-electron chi connectivity index (χ2n) is 4.64. The zero-order chi connectivity index (χ0) is 15.5. The summed E-state index contributed by atoms with van der Waals surface area (Å²) in [6.07, 6.45) is 0.813. The Bertz CT molecular complexity index is 726. The molecule has 21 heavy (non-hydrogen) atoms. The summed E-state index contributed by atoms with van der Waals surface area (Å²) in [6, 6.07) is 8.58. The molecule has 1 heterocycles. The standard InChI is InChI=1S/C14H17ClN2O2S2/c1-10-3-4-11(9-13(10)15)17-21(18,19)14-6-5-12(20-14)7-8-16-2/h3-6,9,16-17H,7-8H2,1-2H3. The van der Waals surface area contributed by atoms with Crippen LogP contribution in [0.5, 0.6) is 0 Å². The molecule has 0 saturated carbocycles. The fraction of sp³-hybridized carbons (Fsp3) is 0.286. The van der Waals surface area contributed by atoms with Gasteiger partial charge in [-0.15, -0.1) is 11.3 Å². The fourth-order valence-corrected chi connectivity index (χ4v) is 4.33. The molecule has 0 unspecified atom stereocenters. The van der Waals surface area contributed by atoms with Crippen LogP contribution in [0, 0.1) is 6.92 Å². The lowest BCUT2D eigenvalue weighted by molar-refractivity contribution is 0.603. The van der Waals surface area contributed by atoms with Gasteiger partial charge in [0.1, 0.15) is 4.21 Å². The monoisotopic (exact) mass is 344 g/mol. The van der Waals surface area contributed by atoms with Gasteiger partial charge in [-0.2, -0.15) is 0 Å². The fourth-order valence-electron chi connectivity index (χ4n) is 1.75. The maximum atomic E-state index is 12.3. The van der Waals surface area contributed by atoms with E-state index in [0.29, 0.717) is 14.9 Å². The van der Waals surface area contributed by atoms with Crippen LogP contribution < -0.4 is 10.0 Å². The smallest absolute Gasteiger partial charge is 0.271 e. The second kappa shape index (κ2) is 6.79. The predicted molar refractivity (Wildman–Crippen MR) is 88.9 cm³/mol. The van der Waals surface area contributed by atoms with Crippen LogP contribution in [-0.2, 0) is 16.4 Å². The molecule has 0 aliphatic heterocycles. The molecule has 2 rings (SSSR count). The van der Waals surface area contributed by atoms with Gasteiger partial charge in [0.15, 0.2) is 0 Å². The summed E-state index contributed by atoms with van der Waals surface area (Å²) in [7, 11) is -1.69. The molecule has 0 radical (unpaired) electrons. The molecule has 0 saturated heterocycles. The van der Waals surface area contributed by atoms with Crippen LogP contribution in [0.3, 0.4) is 0 Å². The van der Waals surface area contributed by atoms with Crippen LogP contribution >= 0.6 is 22.9 Å². The minimum atomic E-state index is -3.56. The third-order valence-corrected chi connectivity index (χ3v) is 6.37. The number of thiophene rings is 1. The summed E-state index contributed by atoms with van der Waals surface area (Å²) in [5, 5.41) is 3.58. The Morgan fingerprint density at radius 1 is 1.24 bits per heavy atom. The van der Waals surface area contributed by atoms with Crippen LogP contribution in [0.4, 0.5) is 5.69 Å². The first-order valence-electron chi connectivity index (χ1n) is 6.44. The lowest BCUT2D eigenvalue weighted by Crippen LogP contribution is -2.11. The van der Waals surface area contributed by atoms with Crippen molar-refractivity contribution < 1.29 is 8.42 Å². The molecule has 4 nitrogen and oxygen atoms in total. The lowest BCUT2D eigenvalue weighted by Gasteiger charge is -2.07. The normalized spacial score (nSPS) is 11.6. The highest BCUT2D eigenvalue weighted by Crippen LogP contribution is 2.26. The zero-order valence-electron chi connectivity index (χ0n) is 11.8. The van der Waals surface area contributed by atoms with E-state index < -0.39 is 10.0 Å². The molecule has 2 N–H and O–H groups in total. The molecule has 0 spiro atoms. The van der Waals surface area contributed by atoms with E-state index in [2.05, 4.69) is 10.0 Å². The van der Waals surface area contributed by atoms with Crippen molar-refractivity contribution in [2.24, 2.45) is 0 Å². The van der Waals surface area contributed by atoms with Gasteiger partial charge in [-0.05, 0) is 56.8 Å². The molecular formula is C14H17ClN2O2S2. The number of halogens is 1. The van der Waals surface area contributed by atoms with E-state index >= 15 is 0 Å². The molecule has 2 aromatic rings. The van der Waals surface area contributed by atoms with Crippen molar-refractivity contribution in [2.75, 3.05) is 18.3 Å². The molecule has 0 aliphatic carbocycles. The average molecular weight is 345 g/mol. The molecule has 114 valence electrons. The molecule has 0 atom stereocenters. The predicted octanol–water partition coefficient (Wildman–Crippen LogP) is 3.27. The van der Waals surface area contributed by atoms with E-state index in [1.165, 1.54) is 11.3 Å². The van der Waals surface area contributed by atoms with Gasteiger partial charge in [0.05, 0.1) is 5.69 Å². The SMILES string of the molecule is CNCCc1ccc(S(=O)(=O)Nc2ccc(C)c(Cl)c2)s1. The highest BCUT2D eigenvalue weighted by Gasteiger charge is 2.17. The minimum Gasteiger partial charge on any atom is -0.319 e. The topological polar surface area (TPSA) is 58.2 Å². The number of nitrogens with one attached hydrogen (secondary N) is 2. The van der Waals surface area contributed by atoms with E-state index in [1.807, 2.05) is 20.0 Å². The number of anilines is 1. The van der Waals surface area contributed by atoms with Crippen LogP contribution in [0.1, 0.15) is 10.4 Å².